The molecule has 0 saturated carbocycles. The average molecular weight is 291 g/mol. The van der Waals surface area contributed by atoms with E-state index in [-0.39, 0.29) is 5.56 Å². The quantitative estimate of drug-likeness (QED) is 0.858. The normalized spacial score (nSPS) is 16.6. The van der Waals surface area contributed by atoms with Crippen LogP contribution in [-0.2, 0) is 6.54 Å². The summed E-state index contributed by atoms with van der Waals surface area (Å²) in [6.07, 6.45) is 0. The fourth-order valence-corrected chi connectivity index (χ4v) is 2.05. The van der Waals surface area contributed by atoms with E-state index < -0.39 is 11.6 Å². The van der Waals surface area contributed by atoms with Gasteiger partial charge in [0.15, 0.2) is 0 Å². The summed E-state index contributed by atoms with van der Waals surface area (Å²) in [5.74, 6) is -0.987. The van der Waals surface area contributed by atoms with Crippen LogP contribution in [0.2, 0.25) is 0 Å². The Labute approximate surface area is 102 Å². The summed E-state index contributed by atoms with van der Waals surface area (Å²) in [6.45, 7) is 2.06. The maximum absolute atomic E-state index is 13.7. The van der Waals surface area contributed by atoms with E-state index >= 15 is 0 Å². The van der Waals surface area contributed by atoms with E-state index in [2.05, 4.69) is 21.2 Å². The van der Waals surface area contributed by atoms with E-state index in [9.17, 15) is 8.78 Å². The van der Waals surface area contributed by atoms with Crippen LogP contribution in [0.3, 0.4) is 0 Å². The molecule has 0 radical (unpaired) electrons. The highest BCUT2D eigenvalue weighted by atomic mass is 79.9. The van der Waals surface area contributed by atoms with Gasteiger partial charge < -0.3 is 5.32 Å². The van der Waals surface area contributed by atoms with Gasteiger partial charge in [0.1, 0.15) is 11.6 Å². The van der Waals surface area contributed by atoms with Gasteiger partial charge in [-0.25, -0.2) is 8.78 Å². The summed E-state index contributed by atoms with van der Waals surface area (Å²) >= 11 is 3.07. The number of benzene rings is 1. The van der Waals surface area contributed by atoms with Gasteiger partial charge in [0.2, 0.25) is 0 Å². The van der Waals surface area contributed by atoms with Crippen LogP contribution in [0.4, 0.5) is 8.78 Å². The number of nitrogens with zero attached hydrogens (tertiary/aromatic N) is 1. The van der Waals surface area contributed by atoms with Gasteiger partial charge in [-0.2, -0.15) is 0 Å². The van der Waals surface area contributed by atoms with Crippen LogP contribution < -0.4 is 5.32 Å². The molecule has 0 amide bonds. The third-order valence-corrected chi connectivity index (χ3v) is 3.54. The van der Waals surface area contributed by atoms with Crippen LogP contribution in [-0.4, -0.2) is 31.1 Å². The first-order valence-corrected chi connectivity index (χ1v) is 5.92. The molecule has 2 nitrogen and oxygen atoms in total. The van der Waals surface area contributed by atoms with Gasteiger partial charge in [0, 0.05) is 31.2 Å². The van der Waals surface area contributed by atoms with Crippen molar-refractivity contribution in [2.45, 2.75) is 12.6 Å². The Bertz CT molecular complexity index is 394. The molecule has 16 heavy (non-hydrogen) atoms. The lowest BCUT2D eigenvalue weighted by Gasteiger charge is -2.35. The summed E-state index contributed by atoms with van der Waals surface area (Å²) < 4.78 is 27.5. The van der Waals surface area contributed by atoms with E-state index in [0.717, 1.165) is 13.1 Å². The molecule has 1 N–H and O–H groups in total. The highest BCUT2D eigenvalue weighted by Gasteiger charge is 2.23. The first-order valence-electron chi connectivity index (χ1n) is 5.13. The van der Waals surface area contributed by atoms with E-state index in [1.807, 2.05) is 11.9 Å². The van der Waals surface area contributed by atoms with Crippen molar-refractivity contribution in [2.24, 2.45) is 0 Å². The number of halogens is 3. The molecule has 1 aliphatic rings. The lowest BCUT2D eigenvalue weighted by atomic mass is 10.1. The molecule has 5 heteroatoms. The minimum absolute atomic E-state index is 0.128. The van der Waals surface area contributed by atoms with Crippen molar-refractivity contribution >= 4 is 15.9 Å². The highest BCUT2D eigenvalue weighted by Crippen LogP contribution is 2.23. The third kappa shape index (κ3) is 2.26. The molecule has 1 saturated heterocycles. The fraction of sp³-hybridized carbons (Fsp3) is 0.455. The lowest BCUT2D eigenvalue weighted by molar-refractivity contribution is 0.169. The SMILES string of the molecule is CN(Cc1c(F)ccc(Br)c1F)C1CNC1. The molecular formula is C11H13BrF2N2. The van der Waals surface area contributed by atoms with Crippen molar-refractivity contribution in [2.75, 3.05) is 20.1 Å². The zero-order valence-electron chi connectivity index (χ0n) is 8.93. The van der Waals surface area contributed by atoms with Crippen molar-refractivity contribution in [1.82, 2.24) is 10.2 Å². The molecule has 2 rings (SSSR count). The Balaban J connectivity index is 2.16. The Morgan fingerprint density at radius 3 is 2.69 bits per heavy atom. The smallest absolute Gasteiger partial charge is 0.144 e. The molecule has 0 aliphatic carbocycles. The Hall–Kier alpha value is -0.520. The Morgan fingerprint density at radius 2 is 2.12 bits per heavy atom. The third-order valence-electron chi connectivity index (χ3n) is 2.93. The molecular weight excluding hydrogens is 278 g/mol. The monoisotopic (exact) mass is 290 g/mol. The molecule has 0 aromatic heterocycles. The molecule has 1 aromatic rings. The van der Waals surface area contributed by atoms with Gasteiger partial charge in [-0.3, -0.25) is 4.90 Å². The number of rotatable bonds is 3. The highest BCUT2D eigenvalue weighted by molar-refractivity contribution is 9.10. The lowest BCUT2D eigenvalue weighted by Crippen LogP contribution is -2.55. The molecule has 1 heterocycles. The first-order chi connectivity index (χ1) is 7.59. The summed E-state index contributed by atoms with van der Waals surface area (Å²) in [5, 5.41) is 3.13. The molecule has 1 aliphatic heterocycles. The number of hydrogen-bond donors (Lipinski definition) is 1. The second-order valence-corrected chi connectivity index (χ2v) is 4.90. The van der Waals surface area contributed by atoms with Gasteiger partial charge in [-0.1, -0.05) is 0 Å². The standard InChI is InChI=1S/C11H13BrF2N2/c1-16(7-4-15-5-7)6-8-10(13)3-2-9(12)11(8)14/h2-3,7,15H,4-6H2,1H3. The molecule has 1 aromatic carbocycles. The van der Waals surface area contributed by atoms with Crippen LogP contribution in [0.5, 0.6) is 0 Å². The molecule has 1 fully saturated rings. The van der Waals surface area contributed by atoms with Crippen molar-refractivity contribution in [3.8, 4) is 0 Å². The van der Waals surface area contributed by atoms with Crippen LogP contribution in [0.25, 0.3) is 0 Å². The molecule has 88 valence electrons. The molecule has 0 bridgehead atoms. The van der Waals surface area contributed by atoms with Crippen molar-refractivity contribution in [3.05, 3.63) is 33.8 Å². The average Bonchev–Trinajstić information content (AvgIpc) is 2.16. The first kappa shape index (κ1) is 12.0. The second kappa shape index (κ2) is 4.77. The molecule has 0 unspecified atom stereocenters. The minimum Gasteiger partial charge on any atom is -0.314 e. The van der Waals surface area contributed by atoms with Gasteiger partial charge in [0.25, 0.3) is 0 Å². The van der Waals surface area contributed by atoms with Gasteiger partial charge >= 0.3 is 0 Å². The van der Waals surface area contributed by atoms with Crippen LogP contribution in [0.15, 0.2) is 16.6 Å². The zero-order valence-corrected chi connectivity index (χ0v) is 10.5. The Kier molecular flexibility index (Phi) is 3.56. The molecule has 0 atom stereocenters. The largest absolute Gasteiger partial charge is 0.314 e. The predicted molar refractivity (Wildman–Crippen MR) is 62.2 cm³/mol. The van der Waals surface area contributed by atoms with Gasteiger partial charge in [0.05, 0.1) is 4.47 Å². The maximum Gasteiger partial charge on any atom is 0.144 e. The Morgan fingerprint density at radius 1 is 1.44 bits per heavy atom. The topological polar surface area (TPSA) is 15.3 Å². The van der Waals surface area contributed by atoms with Crippen LogP contribution >= 0.6 is 15.9 Å². The van der Waals surface area contributed by atoms with E-state index in [0.29, 0.717) is 17.1 Å². The second-order valence-electron chi connectivity index (χ2n) is 4.05. The predicted octanol–water partition coefficient (Wildman–Crippen LogP) is 2.13. The van der Waals surface area contributed by atoms with Crippen molar-refractivity contribution in [1.29, 1.82) is 0 Å². The zero-order chi connectivity index (χ0) is 11.7. The maximum atomic E-state index is 13.7. The van der Waals surface area contributed by atoms with Gasteiger partial charge in [-0.15, -0.1) is 0 Å². The number of likely N-dealkylation sites (N-methyl/N-ethyl adjacent to an activating group) is 1. The van der Waals surface area contributed by atoms with E-state index in [1.165, 1.54) is 12.1 Å². The summed E-state index contributed by atoms with van der Waals surface area (Å²) in [7, 11) is 1.88. The van der Waals surface area contributed by atoms with Crippen LogP contribution in [0.1, 0.15) is 5.56 Å². The minimum atomic E-state index is -0.501. The van der Waals surface area contributed by atoms with Crippen molar-refractivity contribution < 1.29 is 8.78 Å². The summed E-state index contributed by atoms with van der Waals surface area (Å²) in [6, 6.07) is 3.05. The fourth-order valence-electron chi connectivity index (χ4n) is 1.68. The van der Waals surface area contributed by atoms with E-state index in [1.54, 1.807) is 0 Å². The van der Waals surface area contributed by atoms with Crippen LogP contribution in [0, 0.1) is 11.6 Å². The van der Waals surface area contributed by atoms with Gasteiger partial charge in [-0.05, 0) is 35.1 Å². The van der Waals surface area contributed by atoms with Crippen molar-refractivity contribution in [3.63, 3.8) is 0 Å². The summed E-state index contributed by atoms with van der Waals surface area (Å²) in [5.41, 5.74) is 0.128. The number of hydrogen-bond acceptors (Lipinski definition) is 2. The number of nitrogens with one attached hydrogen (secondary N) is 1. The van der Waals surface area contributed by atoms with E-state index in [4.69, 9.17) is 0 Å². The molecule has 0 spiro atoms. The summed E-state index contributed by atoms with van der Waals surface area (Å²) in [4.78, 5) is 1.96.